The zero-order valence-corrected chi connectivity index (χ0v) is 36.2. The maximum absolute atomic E-state index is 2.82. The monoisotopic (exact) mass is 809 g/mol. The van der Waals surface area contributed by atoms with Crippen molar-refractivity contribution in [1.82, 2.24) is 0 Å². The Balaban J connectivity index is 1.25. The van der Waals surface area contributed by atoms with Gasteiger partial charge >= 0.3 is 5.66 Å². The van der Waals surface area contributed by atoms with Crippen LogP contribution in [0.5, 0.6) is 0 Å². The highest BCUT2D eigenvalue weighted by Gasteiger charge is 2.74. The van der Waals surface area contributed by atoms with Crippen LogP contribution in [-0.2, 0) is 21.9 Å². The van der Waals surface area contributed by atoms with Gasteiger partial charge in [-0.3, -0.25) is 0 Å². The number of nitrogens with zero attached hydrogens (tertiary/aromatic N) is 5. The van der Waals surface area contributed by atoms with E-state index < -0.39 is 5.66 Å². The largest absolute Gasteiger partial charge is 0.319 e. The lowest BCUT2D eigenvalue weighted by Gasteiger charge is -2.54. The summed E-state index contributed by atoms with van der Waals surface area (Å²) in [6.45, 7) is 14.8. The normalized spacial score (nSPS) is 19.9. The van der Waals surface area contributed by atoms with Crippen LogP contribution in [0.25, 0.3) is 32.9 Å². The van der Waals surface area contributed by atoms with E-state index in [1.807, 2.05) is 0 Å². The molecule has 7 aliphatic rings. The number of para-hydroxylation sites is 3. The van der Waals surface area contributed by atoms with Crippen LogP contribution in [0, 0.1) is 0 Å². The molecule has 9 aromatic rings. The van der Waals surface area contributed by atoms with E-state index in [1.54, 1.807) is 0 Å². The highest BCUT2D eigenvalue weighted by Crippen LogP contribution is 2.72. The summed E-state index contributed by atoms with van der Waals surface area (Å²) in [6, 6.07) is 58.6. The summed E-state index contributed by atoms with van der Waals surface area (Å²) in [5.41, 5.74) is 20.8. The number of anilines is 9. The Bertz CT molecular complexity index is 3670. The van der Waals surface area contributed by atoms with Crippen LogP contribution in [0.4, 0.5) is 51.4 Å². The fourth-order valence-electron chi connectivity index (χ4n) is 14.0. The SMILES string of the molecule is CC1(C)c2ccccc2N2c3c1ccc1c3C34c5c6c(cc7c5N(c5ccccc5C7(C)C)c5c7ccccc7cc([n+]53)-c3cc5ccccc5c2[n+]34)C(C)(C)c2ccccc2N16. The number of aromatic nitrogens is 2. The zero-order chi connectivity index (χ0) is 41.8. The molecule has 0 saturated carbocycles. The van der Waals surface area contributed by atoms with Gasteiger partial charge in [-0.1, -0.05) is 139 Å². The number of fused-ring (bicyclic) bond motifs is 14. The van der Waals surface area contributed by atoms with Gasteiger partial charge < -0.3 is 4.90 Å². The smallest absolute Gasteiger partial charge is 0.308 e. The number of pyridine rings is 2. The third-order valence-corrected chi connectivity index (χ3v) is 16.7. The van der Waals surface area contributed by atoms with Crippen molar-refractivity contribution in [3.63, 3.8) is 0 Å². The van der Waals surface area contributed by atoms with Crippen molar-refractivity contribution in [1.29, 1.82) is 0 Å². The van der Waals surface area contributed by atoms with Crippen molar-refractivity contribution in [2.24, 2.45) is 0 Å². The van der Waals surface area contributed by atoms with Crippen LogP contribution in [0.2, 0.25) is 0 Å². The van der Waals surface area contributed by atoms with Gasteiger partial charge in [-0.2, -0.15) is 18.9 Å². The third kappa shape index (κ3) is 3.24. The molecule has 0 amide bonds. The highest BCUT2D eigenvalue weighted by atomic mass is 15.5. The summed E-state index contributed by atoms with van der Waals surface area (Å²) >= 11 is 0. The molecule has 63 heavy (non-hydrogen) atoms. The molecule has 7 aromatic carbocycles. The summed E-state index contributed by atoms with van der Waals surface area (Å²) in [6.07, 6.45) is 0. The molecule has 0 saturated heterocycles. The van der Waals surface area contributed by atoms with E-state index >= 15 is 0 Å². The van der Waals surface area contributed by atoms with Crippen LogP contribution in [0.1, 0.15) is 86.1 Å². The lowest BCUT2D eigenvalue weighted by molar-refractivity contribution is -0.928. The molecular formula is C58H43N5+2. The molecule has 1 unspecified atom stereocenters. The quantitative estimate of drug-likeness (QED) is 0.142. The van der Waals surface area contributed by atoms with E-state index in [1.165, 1.54) is 129 Å². The second-order valence-corrected chi connectivity index (χ2v) is 20.6. The number of hydrogen-bond acceptors (Lipinski definition) is 3. The Morgan fingerprint density at radius 1 is 0.349 bits per heavy atom. The Hall–Kier alpha value is -7.24. The van der Waals surface area contributed by atoms with Gasteiger partial charge in [0.25, 0.3) is 11.6 Å². The van der Waals surface area contributed by atoms with E-state index in [0.29, 0.717) is 0 Å². The molecule has 298 valence electrons. The number of hydrogen-bond donors (Lipinski definition) is 0. The van der Waals surface area contributed by atoms with Gasteiger partial charge in [-0.25, -0.2) is 0 Å². The highest BCUT2D eigenvalue weighted by molar-refractivity contribution is 6.09. The number of benzene rings is 7. The lowest BCUT2D eigenvalue weighted by Crippen LogP contribution is -2.77. The third-order valence-electron chi connectivity index (χ3n) is 16.7. The molecule has 0 bridgehead atoms. The Kier molecular flexibility index (Phi) is 5.30. The summed E-state index contributed by atoms with van der Waals surface area (Å²) in [5.74, 6) is 2.46. The topological polar surface area (TPSA) is 17.5 Å². The van der Waals surface area contributed by atoms with E-state index in [9.17, 15) is 0 Å². The zero-order valence-electron chi connectivity index (χ0n) is 36.2. The molecule has 2 aromatic heterocycles. The predicted molar refractivity (Wildman–Crippen MR) is 253 cm³/mol. The van der Waals surface area contributed by atoms with E-state index in [-0.39, 0.29) is 16.2 Å². The minimum Gasteiger partial charge on any atom is -0.308 e. The molecule has 1 atom stereocenters. The number of rotatable bonds is 0. The molecule has 1 spiro atoms. The molecule has 5 nitrogen and oxygen atoms in total. The van der Waals surface area contributed by atoms with E-state index in [0.717, 1.165) is 0 Å². The van der Waals surface area contributed by atoms with Gasteiger partial charge in [0.15, 0.2) is 22.8 Å². The molecule has 0 fully saturated rings. The first-order valence-corrected chi connectivity index (χ1v) is 22.6. The van der Waals surface area contributed by atoms with Crippen molar-refractivity contribution >= 4 is 73.0 Å². The minimum absolute atomic E-state index is 0.271. The van der Waals surface area contributed by atoms with Gasteiger partial charge in [-0.15, -0.1) is 0 Å². The van der Waals surface area contributed by atoms with Crippen LogP contribution >= 0.6 is 0 Å². The van der Waals surface area contributed by atoms with Gasteiger partial charge in [0.1, 0.15) is 22.5 Å². The summed E-state index contributed by atoms with van der Waals surface area (Å²) in [7, 11) is 0. The standard InChI is InChI=1S/C58H43N5/c1-55(2)37-22-12-15-25-43(37)60-50-39(55)27-28-45-48(50)58-49-51-40(56(3,4)36-21-11-14-24-42(36)59(45)51)31-41-52(49)61(44-26-16-13-23-38(44)57(41,5)6)54-35-20-10-8-18-33(35)30-47(63(54)58)46-29-32-17-7-9-19-34(32)53(60)62(46)58/h7-31H,1-6H3/q+2. The molecule has 5 heteroatoms. The van der Waals surface area contributed by atoms with Crippen LogP contribution in [-0.4, -0.2) is 0 Å². The fraction of sp³-hybridized carbons (Fsp3) is 0.172. The van der Waals surface area contributed by atoms with Gasteiger partial charge in [-0.05, 0) is 76.5 Å². The second kappa shape index (κ2) is 10.0. The Labute approximate surface area is 366 Å². The molecular weight excluding hydrogens is 767 g/mol. The molecule has 0 radical (unpaired) electrons. The molecule has 7 aliphatic heterocycles. The predicted octanol–water partition coefficient (Wildman–Crippen LogP) is 13.1. The molecule has 9 heterocycles. The van der Waals surface area contributed by atoms with Crippen LogP contribution in [0.3, 0.4) is 0 Å². The first kappa shape index (κ1) is 33.4. The molecule has 16 rings (SSSR count). The van der Waals surface area contributed by atoms with Crippen LogP contribution < -0.4 is 23.8 Å². The fourth-order valence-corrected chi connectivity index (χ4v) is 14.0. The van der Waals surface area contributed by atoms with E-state index in [2.05, 4.69) is 217 Å². The van der Waals surface area contributed by atoms with Crippen LogP contribution in [0.15, 0.2) is 152 Å². The van der Waals surface area contributed by atoms with Crippen molar-refractivity contribution in [3.8, 4) is 11.4 Å². The Morgan fingerprint density at radius 3 is 1.29 bits per heavy atom. The maximum Gasteiger partial charge on any atom is 0.319 e. The van der Waals surface area contributed by atoms with E-state index in [4.69, 9.17) is 0 Å². The van der Waals surface area contributed by atoms with Crippen molar-refractivity contribution < 1.29 is 9.13 Å². The van der Waals surface area contributed by atoms with Crippen molar-refractivity contribution in [2.45, 2.75) is 63.5 Å². The molecule has 0 N–H and O–H groups in total. The molecule has 0 aliphatic carbocycles. The van der Waals surface area contributed by atoms with Crippen molar-refractivity contribution in [2.75, 3.05) is 14.7 Å². The average molecular weight is 810 g/mol. The minimum atomic E-state index is -0.782. The van der Waals surface area contributed by atoms with Gasteiger partial charge in [0.05, 0.1) is 27.8 Å². The van der Waals surface area contributed by atoms with Gasteiger partial charge in [0, 0.05) is 38.5 Å². The lowest BCUT2D eigenvalue weighted by atomic mass is 9.62. The van der Waals surface area contributed by atoms with Crippen molar-refractivity contribution in [3.05, 3.63) is 196 Å². The second-order valence-electron chi connectivity index (χ2n) is 20.6. The van der Waals surface area contributed by atoms with Gasteiger partial charge in [0.2, 0.25) is 0 Å². The Morgan fingerprint density at radius 2 is 0.762 bits per heavy atom. The average Bonchev–Trinajstić information content (AvgIpc) is 3.58. The summed E-state index contributed by atoms with van der Waals surface area (Å²) in [4.78, 5) is 8.08. The summed E-state index contributed by atoms with van der Waals surface area (Å²) in [5, 5.41) is 5.00. The summed E-state index contributed by atoms with van der Waals surface area (Å²) < 4.78 is 5.65. The first-order valence-electron chi connectivity index (χ1n) is 22.6. The first-order chi connectivity index (χ1) is 30.6. The maximum atomic E-state index is 2.82.